The molecule has 1 N–H and O–H groups in total. The lowest BCUT2D eigenvalue weighted by Crippen LogP contribution is -2.34. The molecular weight excluding hydrogens is 464 g/mol. The molecule has 1 saturated heterocycles. The maximum absolute atomic E-state index is 13.0. The van der Waals surface area contributed by atoms with Crippen LogP contribution in [0.4, 0.5) is 5.69 Å². The summed E-state index contributed by atoms with van der Waals surface area (Å²) in [5, 5.41) is 2.74. The number of hydrogen-bond donors (Lipinski definition) is 1. The van der Waals surface area contributed by atoms with Gasteiger partial charge >= 0.3 is 5.97 Å². The highest BCUT2D eigenvalue weighted by Gasteiger charge is 2.43. The molecule has 1 saturated carbocycles. The fourth-order valence-electron chi connectivity index (χ4n) is 4.51. The molecule has 0 bridgehead atoms. The highest BCUT2D eigenvalue weighted by molar-refractivity contribution is 6.16. The summed E-state index contributed by atoms with van der Waals surface area (Å²) < 4.78 is 16.5. The van der Waals surface area contributed by atoms with E-state index in [2.05, 4.69) is 5.32 Å². The molecule has 2 aliphatic rings. The predicted octanol–water partition coefficient (Wildman–Crippen LogP) is 3.71. The summed E-state index contributed by atoms with van der Waals surface area (Å²) >= 11 is 0. The minimum absolute atomic E-state index is 0.0311. The number of likely N-dealkylation sites (tertiary alicyclic amines) is 1. The zero-order chi connectivity index (χ0) is 25.7. The molecule has 190 valence electrons. The van der Waals surface area contributed by atoms with Crippen LogP contribution in [0.5, 0.6) is 11.5 Å². The standard InChI is InChI=1S/C27H30N2O7/c1-3-35-27(33)18-8-6-7-17(13-18)16-29-24(30)15-21(26(29)32)25(31)28-19-11-12-22(34-2)23(14-19)36-20-9-4-5-10-20/h6-8,11-14,20-21H,3-5,9-10,15-16H2,1-2H3,(H,28,31)/t21-/m0/s1. The van der Waals surface area contributed by atoms with Gasteiger partial charge < -0.3 is 19.5 Å². The average Bonchev–Trinajstić information content (AvgIpc) is 3.48. The van der Waals surface area contributed by atoms with Crippen molar-refractivity contribution in [2.45, 2.75) is 51.7 Å². The molecule has 2 fully saturated rings. The maximum atomic E-state index is 13.0. The maximum Gasteiger partial charge on any atom is 0.338 e. The van der Waals surface area contributed by atoms with Gasteiger partial charge in [-0.2, -0.15) is 0 Å². The van der Waals surface area contributed by atoms with Gasteiger partial charge in [0.15, 0.2) is 11.5 Å². The number of hydrogen-bond acceptors (Lipinski definition) is 7. The van der Waals surface area contributed by atoms with Crippen molar-refractivity contribution in [3.8, 4) is 11.5 Å². The molecule has 1 heterocycles. The Bertz CT molecular complexity index is 1160. The number of nitrogens with one attached hydrogen (secondary N) is 1. The van der Waals surface area contributed by atoms with Crippen LogP contribution in [-0.4, -0.2) is 48.4 Å². The van der Waals surface area contributed by atoms with E-state index in [9.17, 15) is 19.2 Å². The number of rotatable bonds is 9. The number of nitrogens with zero attached hydrogens (tertiary/aromatic N) is 1. The van der Waals surface area contributed by atoms with E-state index in [0.717, 1.165) is 30.6 Å². The number of esters is 1. The van der Waals surface area contributed by atoms with Gasteiger partial charge in [0, 0.05) is 18.2 Å². The molecule has 0 unspecified atom stereocenters. The van der Waals surface area contributed by atoms with E-state index in [1.54, 1.807) is 56.5 Å². The van der Waals surface area contributed by atoms with E-state index in [1.165, 1.54) is 0 Å². The first-order chi connectivity index (χ1) is 17.4. The number of carbonyl (C=O) groups is 4. The van der Waals surface area contributed by atoms with Gasteiger partial charge in [0.1, 0.15) is 5.92 Å². The second-order valence-corrected chi connectivity index (χ2v) is 8.87. The van der Waals surface area contributed by atoms with Gasteiger partial charge in [0.05, 0.1) is 31.9 Å². The Labute approximate surface area is 209 Å². The summed E-state index contributed by atoms with van der Waals surface area (Å²) in [6.07, 6.45) is 4.06. The van der Waals surface area contributed by atoms with Crippen LogP contribution in [0.25, 0.3) is 0 Å². The van der Waals surface area contributed by atoms with Gasteiger partial charge in [-0.25, -0.2) is 4.79 Å². The Morgan fingerprint density at radius 1 is 1.06 bits per heavy atom. The minimum Gasteiger partial charge on any atom is -0.493 e. The summed E-state index contributed by atoms with van der Waals surface area (Å²) in [6, 6.07) is 11.6. The Balaban J connectivity index is 1.42. The summed E-state index contributed by atoms with van der Waals surface area (Å²) in [5.41, 5.74) is 1.37. The van der Waals surface area contributed by atoms with Gasteiger partial charge in [-0.15, -0.1) is 0 Å². The Morgan fingerprint density at radius 3 is 2.56 bits per heavy atom. The molecule has 9 nitrogen and oxygen atoms in total. The number of methoxy groups -OCH3 is 1. The second-order valence-electron chi connectivity index (χ2n) is 8.87. The smallest absolute Gasteiger partial charge is 0.338 e. The Hall–Kier alpha value is -3.88. The molecule has 1 aliphatic carbocycles. The fourth-order valence-corrected chi connectivity index (χ4v) is 4.51. The highest BCUT2D eigenvalue weighted by Crippen LogP contribution is 2.34. The van der Waals surface area contributed by atoms with Crippen LogP contribution in [0, 0.1) is 5.92 Å². The van der Waals surface area contributed by atoms with Crippen LogP contribution < -0.4 is 14.8 Å². The summed E-state index contributed by atoms with van der Waals surface area (Å²) in [7, 11) is 1.55. The largest absolute Gasteiger partial charge is 0.493 e. The van der Waals surface area contributed by atoms with Crippen molar-refractivity contribution in [1.82, 2.24) is 4.90 Å². The van der Waals surface area contributed by atoms with Crippen molar-refractivity contribution in [3.05, 3.63) is 53.6 Å². The lowest BCUT2D eigenvalue weighted by Gasteiger charge is -2.18. The van der Waals surface area contributed by atoms with Crippen LogP contribution in [0.1, 0.15) is 54.9 Å². The highest BCUT2D eigenvalue weighted by atomic mass is 16.5. The molecule has 0 spiro atoms. The molecule has 1 aliphatic heterocycles. The fraction of sp³-hybridized carbons (Fsp3) is 0.407. The summed E-state index contributed by atoms with van der Waals surface area (Å²) in [5.74, 6) is -2.11. The Morgan fingerprint density at radius 2 is 1.83 bits per heavy atom. The van der Waals surface area contributed by atoms with Gasteiger partial charge in [-0.05, 0) is 62.4 Å². The van der Waals surface area contributed by atoms with E-state index in [4.69, 9.17) is 14.2 Å². The van der Waals surface area contributed by atoms with E-state index in [1.807, 2.05) is 0 Å². The quantitative estimate of drug-likeness (QED) is 0.321. The van der Waals surface area contributed by atoms with E-state index in [0.29, 0.717) is 28.3 Å². The molecule has 3 amide bonds. The van der Waals surface area contributed by atoms with Gasteiger partial charge in [0.25, 0.3) is 0 Å². The van der Waals surface area contributed by atoms with Crippen molar-refractivity contribution in [3.63, 3.8) is 0 Å². The number of anilines is 1. The van der Waals surface area contributed by atoms with Crippen LogP contribution in [0.2, 0.25) is 0 Å². The molecule has 0 radical (unpaired) electrons. The second kappa shape index (κ2) is 11.2. The molecule has 9 heteroatoms. The van der Waals surface area contributed by atoms with Crippen molar-refractivity contribution >= 4 is 29.4 Å². The molecule has 1 atom stereocenters. The third-order valence-corrected chi connectivity index (χ3v) is 6.37. The molecular formula is C27H30N2O7. The third kappa shape index (κ3) is 5.67. The number of amides is 3. The van der Waals surface area contributed by atoms with Crippen LogP contribution in [0.15, 0.2) is 42.5 Å². The van der Waals surface area contributed by atoms with E-state index in [-0.39, 0.29) is 25.7 Å². The lowest BCUT2D eigenvalue weighted by atomic mass is 10.1. The van der Waals surface area contributed by atoms with Gasteiger partial charge in [-0.3, -0.25) is 19.3 Å². The van der Waals surface area contributed by atoms with Gasteiger partial charge in [-0.1, -0.05) is 12.1 Å². The molecule has 0 aromatic heterocycles. The van der Waals surface area contributed by atoms with Crippen molar-refractivity contribution in [1.29, 1.82) is 0 Å². The van der Waals surface area contributed by atoms with Crippen molar-refractivity contribution in [2.24, 2.45) is 5.92 Å². The van der Waals surface area contributed by atoms with E-state index >= 15 is 0 Å². The monoisotopic (exact) mass is 494 g/mol. The first-order valence-corrected chi connectivity index (χ1v) is 12.2. The number of imide groups is 1. The van der Waals surface area contributed by atoms with Crippen LogP contribution in [0.3, 0.4) is 0 Å². The zero-order valence-electron chi connectivity index (χ0n) is 20.5. The minimum atomic E-state index is -1.13. The first-order valence-electron chi connectivity index (χ1n) is 12.2. The van der Waals surface area contributed by atoms with Gasteiger partial charge in [0.2, 0.25) is 17.7 Å². The van der Waals surface area contributed by atoms with Crippen molar-refractivity contribution < 1.29 is 33.4 Å². The normalized spacial score (nSPS) is 17.8. The molecule has 2 aromatic rings. The Kier molecular flexibility index (Phi) is 7.87. The molecule has 4 rings (SSSR count). The van der Waals surface area contributed by atoms with Crippen LogP contribution >= 0.6 is 0 Å². The summed E-state index contributed by atoms with van der Waals surface area (Å²) in [6.45, 7) is 1.92. The molecule has 36 heavy (non-hydrogen) atoms. The number of carbonyl (C=O) groups excluding carboxylic acids is 4. The van der Waals surface area contributed by atoms with Crippen molar-refractivity contribution in [2.75, 3.05) is 19.0 Å². The average molecular weight is 495 g/mol. The topological polar surface area (TPSA) is 111 Å². The third-order valence-electron chi connectivity index (χ3n) is 6.37. The predicted molar refractivity (Wildman–Crippen MR) is 131 cm³/mol. The SMILES string of the molecule is CCOC(=O)c1cccc(CN2C(=O)C[C@@H](C(=O)Nc3ccc(OC)c(OC4CCCC4)c3)C2=O)c1. The van der Waals surface area contributed by atoms with Crippen LogP contribution in [-0.2, 0) is 25.7 Å². The number of ether oxygens (including phenoxy) is 3. The lowest BCUT2D eigenvalue weighted by molar-refractivity contribution is -0.141. The first kappa shape index (κ1) is 25.2. The number of benzene rings is 2. The zero-order valence-corrected chi connectivity index (χ0v) is 20.5. The molecule has 2 aromatic carbocycles. The summed E-state index contributed by atoms with van der Waals surface area (Å²) in [4.78, 5) is 51.6. The van der Waals surface area contributed by atoms with E-state index < -0.39 is 29.6 Å².